The Kier molecular flexibility index (Phi) is 9.57. The lowest BCUT2D eigenvalue weighted by Gasteiger charge is -2.19. The number of alkyl halides is 3. The lowest BCUT2D eigenvalue weighted by molar-refractivity contribution is -0.137. The maximum Gasteiger partial charge on any atom is 0.416 e. The van der Waals surface area contributed by atoms with Crippen molar-refractivity contribution in [3.8, 4) is 0 Å². The smallest absolute Gasteiger partial charge is 0.370 e. The molecule has 0 saturated carbocycles. The van der Waals surface area contributed by atoms with Crippen LogP contribution in [-0.4, -0.2) is 30.5 Å². The molecule has 1 atom stereocenters. The fraction of sp³-hybridized carbons (Fsp3) is 0.562. The molecule has 0 aliphatic carbocycles. The predicted octanol–water partition coefficient (Wildman–Crippen LogP) is 4.47. The van der Waals surface area contributed by atoms with Gasteiger partial charge in [-0.2, -0.15) is 13.2 Å². The molecular weight excluding hydrogens is 418 g/mol. The Balaban J connectivity index is 0.00000484. The summed E-state index contributed by atoms with van der Waals surface area (Å²) in [5, 5.41) is 0. The van der Waals surface area contributed by atoms with E-state index in [1.54, 1.807) is 6.07 Å². The lowest BCUT2D eigenvalue weighted by atomic mass is 9.96. The number of hydrogen-bond acceptors (Lipinski definition) is 1. The first-order valence-electron chi connectivity index (χ1n) is 7.51. The number of guanidine groups is 1. The zero-order valence-corrected chi connectivity index (χ0v) is 16.1. The van der Waals surface area contributed by atoms with Gasteiger partial charge >= 0.3 is 6.18 Å². The second-order valence-electron chi connectivity index (χ2n) is 5.23. The molecule has 1 aromatic rings. The van der Waals surface area contributed by atoms with Crippen LogP contribution in [0.25, 0.3) is 0 Å². The second-order valence-corrected chi connectivity index (χ2v) is 5.23. The highest BCUT2D eigenvalue weighted by Gasteiger charge is 2.30. The molecule has 0 amide bonds. The Hall–Kier alpha value is -0.990. The van der Waals surface area contributed by atoms with Gasteiger partial charge in [-0.25, -0.2) is 0 Å². The summed E-state index contributed by atoms with van der Waals surface area (Å²) in [5.74, 6) is 0.483. The zero-order valence-electron chi connectivity index (χ0n) is 13.7. The van der Waals surface area contributed by atoms with Crippen LogP contribution in [0.15, 0.2) is 29.3 Å². The van der Waals surface area contributed by atoms with Gasteiger partial charge in [0.25, 0.3) is 0 Å². The minimum atomic E-state index is -4.30. The van der Waals surface area contributed by atoms with E-state index in [4.69, 9.17) is 5.73 Å². The minimum absolute atomic E-state index is 0. The van der Waals surface area contributed by atoms with E-state index in [-0.39, 0.29) is 29.9 Å². The number of benzene rings is 1. The van der Waals surface area contributed by atoms with E-state index < -0.39 is 11.7 Å². The molecule has 0 radical (unpaired) electrons. The summed E-state index contributed by atoms with van der Waals surface area (Å²) in [5.41, 5.74) is 5.94. The summed E-state index contributed by atoms with van der Waals surface area (Å²) in [6.45, 7) is 7.97. The van der Waals surface area contributed by atoms with Gasteiger partial charge in [0.15, 0.2) is 5.96 Å². The quantitative estimate of drug-likeness (QED) is 0.401. The van der Waals surface area contributed by atoms with Gasteiger partial charge in [0, 0.05) is 19.6 Å². The van der Waals surface area contributed by atoms with Crippen molar-refractivity contribution < 1.29 is 13.2 Å². The van der Waals surface area contributed by atoms with Crippen molar-refractivity contribution >= 4 is 29.9 Å². The predicted molar refractivity (Wildman–Crippen MR) is 99.3 cm³/mol. The largest absolute Gasteiger partial charge is 0.416 e. The molecule has 1 unspecified atom stereocenters. The maximum absolute atomic E-state index is 12.7. The van der Waals surface area contributed by atoms with Crippen molar-refractivity contribution in [1.82, 2.24) is 4.90 Å². The molecule has 23 heavy (non-hydrogen) atoms. The molecule has 2 N–H and O–H groups in total. The van der Waals surface area contributed by atoms with Gasteiger partial charge in [-0.05, 0) is 37.8 Å². The van der Waals surface area contributed by atoms with Crippen molar-refractivity contribution in [2.24, 2.45) is 10.7 Å². The molecule has 0 spiro atoms. The SMILES string of the molecule is CCN(CC)C(N)=NCCC(C)c1cccc(C(F)(F)F)c1.I. The van der Waals surface area contributed by atoms with E-state index in [0.717, 1.165) is 19.2 Å². The number of aliphatic imine (C=N–C) groups is 1. The third kappa shape index (κ3) is 6.97. The monoisotopic (exact) mass is 443 g/mol. The van der Waals surface area contributed by atoms with Crippen LogP contribution in [0.4, 0.5) is 13.2 Å². The molecule has 0 aromatic heterocycles. The van der Waals surface area contributed by atoms with Crippen molar-refractivity contribution in [1.29, 1.82) is 0 Å². The molecule has 0 aliphatic rings. The van der Waals surface area contributed by atoms with Crippen LogP contribution in [0.1, 0.15) is 44.2 Å². The van der Waals surface area contributed by atoms with Crippen molar-refractivity contribution in [3.63, 3.8) is 0 Å². The summed E-state index contributed by atoms with van der Waals surface area (Å²) in [6.07, 6.45) is -3.65. The fourth-order valence-corrected chi connectivity index (χ4v) is 2.21. The van der Waals surface area contributed by atoms with Crippen LogP contribution in [0.2, 0.25) is 0 Å². The lowest BCUT2D eigenvalue weighted by Crippen LogP contribution is -2.37. The first kappa shape index (κ1) is 22.0. The van der Waals surface area contributed by atoms with Crippen LogP contribution < -0.4 is 5.73 Å². The number of halogens is 4. The average Bonchev–Trinajstić information content (AvgIpc) is 2.47. The van der Waals surface area contributed by atoms with Crippen LogP contribution in [0.3, 0.4) is 0 Å². The minimum Gasteiger partial charge on any atom is -0.370 e. The Labute approximate surface area is 153 Å². The van der Waals surface area contributed by atoms with Gasteiger partial charge in [-0.1, -0.05) is 25.1 Å². The first-order valence-corrected chi connectivity index (χ1v) is 7.51. The third-order valence-electron chi connectivity index (χ3n) is 3.71. The normalized spacial score (nSPS) is 13.4. The van der Waals surface area contributed by atoms with E-state index in [1.807, 2.05) is 25.7 Å². The first-order chi connectivity index (χ1) is 10.3. The molecule has 0 heterocycles. The molecule has 0 aliphatic heterocycles. The zero-order chi connectivity index (χ0) is 16.8. The third-order valence-corrected chi connectivity index (χ3v) is 3.71. The molecule has 1 rings (SSSR count). The molecule has 1 aromatic carbocycles. The summed E-state index contributed by atoms with van der Waals surface area (Å²) in [6, 6.07) is 5.47. The van der Waals surface area contributed by atoms with Crippen molar-refractivity contribution in [2.45, 2.75) is 39.3 Å². The van der Waals surface area contributed by atoms with E-state index in [0.29, 0.717) is 24.5 Å². The van der Waals surface area contributed by atoms with Crippen LogP contribution >= 0.6 is 24.0 Å². The fourth-order valence-electron chi connectivity index (χ4n) is 2.21. The van der Waals surface area contributed by atoms with Gasteiger partial charge in [0.05, 0.1) is 5.56 Å². The summed E-state index contributed by atoms with van der Waals surface area (Å²) >= 11 is 0. The number of rotatable bonds is 6. The Bertz CT molecular complexity index is 500. The number of nitrogens with zero attached hydrogens (tertiary/aromatic N) is 2. The average molecular weight is 443 g/mol. The van der Waals surface area contributed by atoms with E-state index in [9.17, 15) is 13.2 Å². The summed E-state index contributed by atoms with van der Waals surface area (Å²) in [4.78, 5) is 6.24. The molecule has 0 bridgehead atoms. The molecule has 3 nitrogen and oxygen atoms in total. The van der Waals surface area contributed by atoms with Gasteiger partial charge in [-0.3, -0.25) is 4.99 Å². The van der Waals surface area contributed by atoms with Gasteiger partial charge < -0.3 is 10.6 Å². The van der Waals surface area contributed by atoms with Crippen molar-refractivity contribution in [2.75, 3.05) is 19.6 Å². The Morgan fingerprint density at radius 1 is 1.26 bits per heavy atom. The van der Waals surface area contributed by atoms with E-state index in [2.05, 4.69) is 4.99 Å². The highest BCUT2D eigenvalue weighted by Crippen LogP contribution is 2.31. The molecule has 132 valence electrons. The van der Waals surface area contributed by atoms with Crippen LogP contribution in [-0.2, 0) is 6.18 Å². The Morgan fingerprint density at radius 2 is 1.87 bits per heavy atom. The van der Waals surface area contributed by atoms with Crippen molar-refractivity contribution in [3.05, 3.63) is 35.4 Å². The van der Waals surface area contributed by atoms with Crippen LogP contribution in [0.5, 0.6) is 0 Å². The van der Waals surface area contributed by atoms with Gasteiger partial charge in [-0.15, -0.1) is 24.0 Å². The standard InChI is InChI=1S/C16H24F3N3.HI/c1-4-22(5-2)15(20)21-10-9-12(3)13-7-6-8-14(11-13)16(17,18)19;/h6-8,11-12H,4-5,9-10H2,1-3H3,(H2,20,21);1H. The molecular formula is C16H25F3IN3. The maximum atomic E-state index is 12.7. The molecule has 7 heteroatoms. The highest BCUT2D eigenvalue weighted by molar-refractivity contribution is 14.0. The summed E-state index contributed by atoms with van der Waals surface area (Å²) in [7, 11) is 0. The van der Waals surface area contributed by atoms with Gasteiger partial charge in [0.2, 0.25) is 0 Å². The van der Waals surface area contributed by atoms with Gasteiger partial charge in [0.1, 0.15) is 0 Å². The van der Waals surface area contributed by atoms with E-state index in [1.165, 1.54) is 12.1 Å². The number of hydrogen-bond donors (Lipinski definition) is 1. The van der Waals surface area contributed by atoms with E-state index >= 15 is 0 Å². The topological polar surface area (TPSA) is 41.6 Å². The Morgan fingerprint density at radius 3 is 2.39 bits per heavy atom. The molecule has 0 saturated heterocycles. The van der Waals surface area contributed by atoms with Crippen LogP contribution in [0, 0.1) is 0 Å². The summed E-state index contributed by atoms with van der Waals surface area (Å²) < 4.78 is 38.1. The highest BCUT2D eigenvalue weighted by atomic mass is 127. The number of nitrogens with two attached hydrogens (primary N) is 1. The second kappa shape index (κ2) is 10.00. The molecule has 0 fully saturated rings.